The highest BCUT2D eigenvalue weighted by atomic mass is 16.5. The maximum Gasteiger partial charge on any atom is 0.124 e. The van der Waals surface area contributed by atoms with Crippen molar-refractivity contribution in [2.75, 3.05) is 20.2 Å². The second-order valence-corrected chi connectivity index (χ2v) is 4.72. The van der Waals surface area contributed by atoms with Crippen molar-refractivity contribution in [3.8, 4) is 5.75 Å². The lowest BCUT2D eigenvalue weighted by molar-refractivity contribution is 0.216. The highest BCUT2D eigenvalue weighted by Gasteiger charge is 2.20. The number of furan rings is 1. The molecule has 1 unspecified atom stereocenters. The van der Waals surface area contributed by atoms with E-state index in [2.05, 4.69) is 11.0 Å². The van der Waals surface area contributed by atoms with E-state index in [0.717, 1.165) is 23.6 Å². The van der Waals surface area contributed by atoms with Gasteiger partial charge in [-0.05, 0) is 32.2 Å². The van der Waals surface area contributed by atoms with Crippen LogP contribution in [0.3, 0.4) is 0 Å². The molecule has 0 aliphatic heterocycles. The smallest absolute Gasteiger partial charge is 0.124 e. The Morgan fingerprint density at radius 3 is 2.70 bits per heavy atom. The monoisotopic (exact) mass is 274 g/mol. The number of nitrogens with two attached hydrogens (primary N) is 1. The van der Waals surface area contributed by atoms with Gasteiger partial charge in [-0.1, -0.05) is 18.2 Å². The van der Waals surface area contributed by atoms with E-state index in [1.165, 1.54) is 0 Å². The van der Waals surface area contributed by atoms with Crippen LogP contribution in [0.2, 0.25) is 0 Å². The third-order valence-corrected chi connectivity index (χ3v) is 3.32. The van der Waals surface area contributed by atoms with Crippen molar-refractivity contribution >= 4 is 0 Å². The Morgan fingerprint density at radius 2 is 2.05 bits per heavy atom. The lowest BCUT2D eigenvalue weighted by Crippen LogP contribution is -2.30. The summed E-state index contributed by atoms with van der Waals surface area (Å²) in [6.07, 6.45) is 1.69. The Hall–Kier alpha value is -1.78. The first-order valence-electron chi connectivity index (χ1n) is 6.90. The number of rotatable bonds is 7. The summed E-state index contributed by atoms with van der Waals surface area (Å²) in [6, 6.07) is 12.0. The van der Waals surface area contributed by atoms with Crippen LogP contribution in [0, 0.1) is 0 Å². The SMILES string of the molecule is CCOc1ccccc1C(CN)N(C)Cc1ccco1. The number of hydrogen-bond donors (Lipinski definition) is 1. The van der Waals surface area contributed by atoms with Crippen molar-refractivity contribution in [1.82, 2.24) is 4.90 Å². The van der Waals surface area contributed by atoms with Crippen LogP contribution in [0.25, 0.3) is 0 Å². The normalized spacial score (nSPS) is 12.6. The predicted molar refractivity (Wildman–Crippen MR) is 79.6 cm³/mol. The van der Waals surface area contributed by atoms with Crippen LogP contribution >= 0.6 is 0 Å². The molecule has 2 N–H and O–H groups in total. The van der Waals surface area contributed by atoms with Crippen LogP contribution in [0.1, 0.15) is 24.3 Å². The average Bonchev–Trinajstić information content (AvgIpc) is 2.94. The number of para-hydroxylation sites is 1. The molecule has 1 heterocycles. The molecule has 0 saturated carbocycles. The first-order valence-corrected chi connectivity index (χ1v) is 6.90. The van der Waals surface area contributed by atoms with Gasteiger partial charge >= 0.3 is 0 Å². The second-order valence-electron chi connectivity index (χ2n) is 4.72. The molecule has 0 spiro atoms. The zero-order valence-electron chi connectivity index (χ0n) is 12.1. The van der Waals surface area contributed by atoms with Gasteiger partial charge in [-0.3, -0.25) is 4.90 Å². The van der Waals surface area contributed by atoms with Crippen LogP contribution in [0.4, 0.5) is 0 Å². The average molecular weight is 274 g/mol. The maximum atomic E-state index is 5.97. The fourth-order valence-electron chi connectivity index (χ4n) is 2.35. The van der Waals surface area contributed by atoms with E-state index < -0.39 is 0 Å². The molecule has 1 atom stereocenters. The molecule has 1 aromatic carbocycles. The molecule has 0 saturated heterocycles. The fourth-order valence-corrected chi connectivity index (χ4v) is 2.35. The number of benzene rings is 1. The first kappa shape index (κ1) is 14.6. The quantitative estimate of drug-likeness (QED) is 0.843. The van der Waals surface area contributed by atoms with Gasteiger partial charge in [-0.2, -0.15) is 0 Å². The topological polar surface area (TPSA) is 51.6 Å². The third kappa shape index (κ3) is 3.40. The van der Waals surface area contributed by atoms with Gasteiger partial charge in [0.2, 0.25) is 0 Å². The predicted octanol–water partition coefficient (Wildman–Crippen LogP) is 2.81. The van der Waals surface area contributed by atoms with E-state index in [1.807, 2.05) is 44.3 Å². The lowest BCUT2D eigenvalue weighted by atomic mass is 10.0. The molecule has 1 aromatic heterocycles. The highest BCUT2D eigenvalue weighted by molar-refractivity contribution is 5.36. The van der Waals surface area contributed by atoms with Crippen molar-refractivity contribution in [1.29, 1.82) is 0 Å². The number of nitrogens with zero attached hydrogens (tertiary/aromatic N) is 1. The number of likely N-dealkylation sites (N-methyl/N-ethyl adjacent to an activating group) is 1. The summed E-state index contributed by atoms with van der Waals surface area (Å²) in [5.74, 6) is 1.83. The fraction of sp³-hybridized carbons (Fsp3) is 0.375. The molecule has 4 nitrogen and oxygen atoms in total. The van der Waals surface area contributed by atoms with Crippen molar-refractivity contribution in [2.24, 2.45) is 5.73 Å². The molecule has 2 rings (SSSR count). The van der Waals surface area contributed by atoms with Gasteiger partial charge in [-0.25, -0.2) is 0 Å². The minimum absolute atomic E-state index is 0.0999. The second kappa shape index (κ2) is 7.12. The van der Waals surface area contributed by atoms with Crippen LogP contribution in [0.5, 0.6) is 5.75 Å². The van der Waals surface area contributed by atoms with E-state index in [-0.39, 0.29) is 6.04 Å². The molecule has 0 amide bonds. The summed E-state index contributed by atoms with van der Waals surface area (Å²) < 4.78 is 11.1. The van der Waals surface area contributed by atoms with Gasteiger partial charge in [0.25, 0.3) is 0 Å². The van der Waals surface area contributed by atoms with Crippen LogP contribution in [-0.4, -0.2) is 25.1 Å². The van der Waals surface area contributed by atoms with Crippen molar-refractivity contribution in [3.63, 3.8) is 0 Å². The van der Waals surface area contributed by atoms with Gasteiger partial charge in [0.05, 0.1) is 25.5 Å². The summed E-state index contributed by atoms with van der Waals surface area (Å²) >= 11 is 0. The number of hydrogen-bond acceptors (Lipinski definition) is 4. The van der Waals surface area contributed by atoms with E-state index in [1.54, 1.807) is 6.26 Å². The summed E-state index contributed by atoms with van der Waals surface area (Å²) in [7, 11) is 2.04. The number of ether oxygens (including phenoxy) is 1. The summed E-state index contributed by atoms with van der Waals surface area (Å²) in [6.45, 7) is 3.88. The first-order chi connectivity index (χ1) is 9.76. The Morgan fingerprint density at radius 1 is 1.25 bits per heavy atom. The largest absolute Gasteiger partial charge is 0.494 e. The molecule has 4 heteroatoms. The molecule has 108 valence electrons. The van der Waals surface area contributed by atoms with Crippen LogP contribution < -0.4 is 10.5 Å². The van der Waals surface area contributed by atoms with Gasteiger partial charge in [0.1, 0.15) is 11.5 Å². The standard InChI is InChI=1S/C16H22N2O2/c1-3-19-16-9-5-4-8-14(16)15(11-17)18(2)12-13-7-6-10-20-13/h4-10,15H,3,11-12,17H2,1-2H3. The molecule has 0 aliphatic carbocycles. The Labute approximate surface area is 120 Å². The zero-order valence-corrected chi connectivity index (χ0v) is 12.1. The maximum absolute atomic E-state index is 5.97. The minimum atomic E-state index is 0.0999. The Kier molecular flexibility index (Phi) is 5.21. The van der Waals surface area contributed by atoms with E-state index in [4.69, 9.17) is 14.9 Å². The molecular formula is C16H22N2O2. The van der Waals surface area contributed by atoms with Gasteiger partial charge in [0.15, 0.2) is 0 Å². The van der Waals surface area contributed by atoms with Gasteiger partial charge < -0.3 is 14.9 Å². The molecule has 0 bridgehead atoms. The molecular weight excluding hydrogens is 252 g/mol. The molecule has 20 heavy (non-hydrogen) atoms. The molecule has 0 radical (unpaired) electrons. The third-order valence-electron chi connectivity index (χ3n) is 3.32. The molecule has 0 aliphatic rings. The highest BCUT2D eigenvalue weighted by Crippen LogP contribution is 2.29. The van der Waals surface area contributed by atoms with E-state index in [9.17, 15) is 0 Å². The van der Waals surface area contributed by atoms with Crippen molar-refractivity contribution < 1.29 is 9.15 Å². The van der Waals surface area contributed by atoms with E-state index >= 15 is 0 Å². The summed E-state index contributed by atoms with van der Waals surface area (Å²) in [4.78, 5) is 2.18. The van der Waals surface area contributed by atoms with E-state index in [0.29, 0.717) is 13.2 Å². The van der Waals surface area contributed by atoms with Crippen molar-refractivity contribution in [2.45, 2.75) is 19.5 Å². The molecule has 2 aromatic rings. The van der Waals surface area contributed by atoms with Crippen LogP contribution in [-0.2, 0) is 6.54 Å². The summed E-state index contributed by atoms with van der Waals surface area (Å²) in [5, 5.41) is 0. The lowest BCUT2D eigenvalue weighted by Gasteiger charge is -2.28. The summed E-state index contributed by atoms with van der Waals surface area (Å²) in [5.41, 5.74) is 7.09. The Bertz CT molecular complexity index is 511. The Balaban J connectivity index is 2.18. The minimum Gasteiger partial charge on any atom is -0.494 e. The van der Waals surface area contributed by atoms with Crippen molar-refractivity contribution in [3.05, 3.63) is 54.0 Å². The van der Waals surface area contributed by atoms with Gasteiger partial charge in [0, 0.05) is 12.1 Å². The zero-order chi connectivity index (χ0) is 14.4. The van der Waals surface area contributed by atoms with Gasteiger partial charge in [-0.15, -0.1) is 0 Å². The molecule has 0 fully saturated rings. The van der Waals surface area contributed by atoms with Crippen LogP contribution in [0.15, 0.2) is 47.1 Å².